The second-order valence-electron chi connectivity index (χ2n) is 5.30. The highest BCUT2D eigenvalue weighted by molar-refractivity contribution is 5.49. The molecule has 1 fully saturated rings. The monoisotopic (exact) mass is 247 g/mol. The van der Waals surface area contributed by atoms with Crippen molar-refractivity contribution in [3.8, 4) is 11.5 Å². The molecule has 0 amide bonds. The van der Waals surface area contributed by atoms with Crippen LogP contribution in [0, 0.1) is 5.92 Å². The normalized spacial score (nSPS) is 21.6. The van der Waals surface area contributed by atoms with Crippen LogP contribution in [0.3, 0.4) is 0 Å². The highest BCUT2D eigenvalue weighted by Crippen LogP contribution is 2.41. The van der Waals surface area contributed by atoms with E-state index in [1.165, 1.54) is 32.1 Å². The maximum absolute atomic E-state index is 6.46. The van der Waals surface area contributed by atoms with Gasteiger partial charge in [-0.05, 0) is 24.8 Å². The number of benzene rings is 1. The third kappa shape index (κ3) is 2.19. The van der Waals surface area contributed by atoms with Crippen LogP contribution in [0.1, 0.15) is 43.7 Å². The quantitative estimate of drug-likeness (QED) is 0.873. The SMILES string of the molecule is NC(c1cccc2c1OCCO2)C1CCCCC1. The van der Waals surface area contributed by atoms with Crippen molar-refractivity contribution in [2.75, 3.05) is 13.2 Å². The molecule has 3 nitrogen and oxygen atoms in total. The Kier molecular flexibility index (Phi) is 3.41. The minimum absolute atomic E-state index is 0.0851. The second-order valence-corrected chi connectivity index (χ2v) is 5.30. The zero-order valence-corrected chi connectivity index (χ0v) is 10.7. The summed E-state index contributed by atoms with van der Waals surface area (Å²) in [6, 6.07) is 6.16. The number of hydrogen-bond donors (Lipinski definition) is 1. The molecule has 18 heavy (non-hydrogen) atoms. The van der Waals surface area contributed by atoms with Gasteiger partial charge in [-0.15, -0.1) is 0 Å². The highest BCUT2D eigenvalue weighted by Gasteiger charge is 2.26. The van der Waals surface area contributed by atoms with Crippen molar-refractivity contribution in [1.82, 2.24) is 0 Å². The van der Waals surface area contributed by atoms with Gasteiger partial charge in [-0.3, -0.25) is 0 Å². The molecule has 1 heterocycles. The van der Waals surface area contributed by atoms with E-state index in [0.29, 0.717) is 19.1 Å². The van der Waals surface area contributed by atoms with Gasteiger partial charge in [-0.2, -0.15) is 0 Å². The summed E-state index contributed by atoms with van der Waals surface area (Å²) in [5.41, 5.74) is 7.58. The van der Waals surface area contributed by atoms with Gasteiger partial charge in [0.2, 0.25) is 0 Å². The molecule has 3 heteroatoms. The number of hydrogen-bond acceptors (Lipinski definition) is 3. The van der Waals surface area contributed by atoms with E-state index < -0.39 is 0 Å². The molecular formula is C15H21NO2. The van der Waals surface area contributed by atoms with Crippen molar-refractivity contribution in [2.24, 2.45) is 11.7 Å². The predicted octanol–water partition coefficient (Wildman–Crippen LogP) is 3.04. The average Bonchev–Trinajstić information content (AvgIpc) is 2.47. The van der Waals surface area contributed by atoms with Crippen molar-refractivity contribution in [1.29, 1.82) is 0 Å². The van der Waals surface area contributed by atoms with Crippen LogP contribution in [0.4, 0.5) is 0 Å². The number of ether oxygens (including phenoxy) is 2. The third-order valence-corrected chi connectivity index (χ3v) is 4.11. The zero-order valence-electron chi connectivity index (χ0n) is 10.7. The van der Waals surface area contributed by atoms with Crippen molar-refractivity contribution < 1.29 is 9.47 Å². The Labute approximate surface area is 108 Å². The summed E-state index contributed by atoms with van der Waals surface area (Å²) in [6.45, 7) is 1.26. The Hall–Kier alpha value is -1.22. The lowest BCUT2D eigenvalue weighted by Crippen LogP contribution is -2.25. The van der Waals surface area contributed by atoms with Gasteiger partial charge in [0, 0.05) is 11.6 Å². The standard InChI is InChI=1S/C15H21NO2/c16-14(11-5-2-1-3-6-11)12-7-4-8-13-15(12)18-10-9-17-13/h4,7-8,11,14H,1-3,5-6,9-10,16H2. The molecule has 1 aromatic rings. The van der Waals surface area contributed by atoms with Crippen LogP contribution in [0.5, 0.6) is 11.5 Å². The lowest BCUT2D eigenvalue weighted by Gasteiger charge is -2.30. The van der Waals surface area contributed by atoms with Crippen molar-refractivity contribution in [3.63, 3.8) is 0 Å². The van der Waals surface area contributed by atoms with E-state index in [1.54, 1.807) is 0 Å². The first kappa shape index (κ1) is 11.8. The van der Waals surface area contributed by atoms with Crippen LogP contribution in [-0.2, 0) is 0 Å². The third-order valence-electron chi connectivity index (χ3n) is 4.11. The fraction of sp³-hybridized carbons (Fsp3) is 0.600. The molecule has 0 aromatic heterocycles. The highest BCUT2D eigenvalue weighted by atomic mass is 16.6. The van der Waals surface area contributed by atoms with Crippen LogP contribution in [-0.4, -0.2) is 13.2 Å². The second kappa shape index (κ2) is 5.19. The molecule has 2 aliphatic rings. The Morgan fingerprint density at radius 3 is 2.67 bits per heavy atom. The maximum atomic E-state index is 6.46. The molecule has 98 valence electrons. The largest absolute Gasteiger partial charge is 0.486 e. The molecule has 2 N–H and O–H groups in total. The summed E-state index contributed by atoms with van der Waals surface area (Å²) >= 11 is 0. The molecule has 0 spiro atoms. The molecule has 0 bridgehead atoms. The van der Waals surface area contributed by atoms with E-state index in [0.717, 1.165) is 17.1 Å². The first-order valence-electron chi connectivity index (χ1n) is 7.00. The summed E-state index contributed by atoms with van der Waals surface area (Å²) in [5, 5.41) is 0. The lowest BCUT2D eigenvalue weighted by atomic mass is 9.81. The predicted molar refractivity (Wildman–Crippen MR) is 70.9 cm³/mol. The molecule has 1 unspecified atom stereocenters. The van der Waals surface area contributed by atoms with Gasteiger partial charge in [0.25, 0.3) is 0 Å². The van der Waals surface area contributed by atoms with Gasteiger partial charge >= 0.3 is 0 Å². The molecule has 3 rings (SSSR count). The maximum Gasteiger partial charge on any atom is 0.166 e. The minimum atomic E-state index is 0.0851. The number of nitrogens with two attached hydrogens (primary N) is 1. The molecule has 0 radical (unpaired) electrons. The van der Waals surface area contributed by atoms with Crippen molar-refractivity contribution in [2.45, 2.75) is 38.1 Å². The average molecular weight is 247 g/mol. The van der Waals surface area contributed by atoms with Crippen molar-refractivity contribution in [3.05, 3.63) is 23.8 Å². The summed E-state index contributed by atoms with van der Waals surface area (Å²) in [4.78, 5) is 0. The molecule has 1 saturated carbocycles. The Balaban J connectivity index is 1.86. The summed E-state index contributed by atoms with van der Waals surface area (Å²) in [7, 11) is 0. The van der Waals surface area contributed by atoms with Gasteiger partial charge < -0.3 is 15.2 Å². The van der Waals surface area contributed by atoms with Crippen LogP contribution >= 0.6 is 0 Å². The minimum Gasteiger partial charge on any atom is -0.486 e. The number of para-hydroxylation sites is 1. The Morgan fingerprint density at radius 2 is 1.83 bits per heavy atom. The van der Waals surface area contributed by atoms with Gasteiger partial charge in [-0.25, -0.2) is 0 Å². The fourth-order valence-corrected chi connectivity index (χ4v) is 3.11. The Morgan fingerprint density at radius 1 is 1.06 bits per heavy atom. The van der Waals surface area contributed by atoms with Crippen molar-refractivity contribution >= 4 is 0 Å². The van der Waals surface area contributed by atoms with Crippen LogP contribution in [0.25, 0.3) is 0 Å². The molecular weight excluding hydrogens is 226 g/mol. The van der Waals surface area contributed by atoms with E-state index in [4.69, 9.17) is 15.2 Å². The number of fused-ring (bicyclic) bond motifs is 1. The molecule has 1 aliphatic heterocycles. The first-order valence-corrected chi connectivity index (χ1v) is 7.00. The topological polar surface area (TPSA) is 44.5 Å². The first-order chi connectivity index (χ1) is 8.86. The van der Waals surface area contributed by atoms with E-state index in [2.05, 4.69) is 6.07 Å². The van der Waals surface area contributed by atoms with Gasteiger partial charge in [0.1, 0.15) is 13.2 Å². The summed E-state index contributed by atoms with van der Waals surface area (Å²) < 4.78 is 11.4. The van der Waals surface area contributed by atoms with E-state index >= 15 is 0 Å². The van der Waals surface area contributed by atoms with Crippen LogP contribution < -0.4 is 15.2 Å². The lowest BCUT2D eigenvalue weighted by molar-refractivity contribution is 0.167. The van der Waals surface area contributed by atoms with E-state index in [-0.39, 0.29) is 6.04 Å². The zero-order chi connectivity index (χ0) is 12.4. The summed E-state index contributed by atoms with van der Waals surface area (Å²) in [6.07, 6.45) is 6.46. The van der Waals surface area contributed by atoms with E-state index in [9.17, 15) is 0 Å². The van der Waals surface area contributed by atoms with Gasteiger partial charge in [0.15, 0.2) is 11.5 Å². The number of rotatable bonds is 2. The smallest absolute Gasteiger partial charge is 0.166 e. The fourth-order valence-electron chi connectivity index (χ4n) is 3.11. The molecule has 1 atom stereocenters. The van der Waals surface area contributed by atoms with Crippen LogP contribution in [0.15, 0.2) is 18.2 Å². The molecule has 1 aliphatic carbocycles. The molecule has 0 saturated heterocycles. The van der Waals surface area contributed by atoms with Gasteiger partial charge in [0.05, 0.1) is 0 Å². The molecule has 1 aromatic carbocycles. The van der Waals surface area contributed by atoms with E-state index in [1.807, 2.05) is 12.1 Å². The van der Waals surface area contributed by atoms with Crippen LogP contribution in [0.2, 0.25) is 0 Å². The Bertz CT molecular complexity index is 413. The van der Waals surface area contributed by atoms with Gasteiger partial charge in [-0.1, -0.05) is 31.4 Å². The summed E-state index contributed by atoms with van der Waals surface area (Å²) in [5.74, 6) is 2.32.